The van der Waals surface area contributed by atoms with E-state index in [2.05, 4.69) is 39.6 Å². The maximum Gasteiger partial charge on any atom is 0.262 e. The van der Waals surface area contributed by atoms with E-state index in [1.54, 1.807) is 12.1 Å². The first-order chi connectivity index (χ1) is 31.3. The summed E-state index contributed by atoms with van der Waals surface area (Å²) in [7, 11) is 0. The summed E-state index contributed by atoms with van der Waals surface area (Å²) in [6.07, 6.45) is 7.42. The molecule has 5 aromatic rings. The van der Waals surface area contributed by atoms with Crippen molar-refractivity contribution in [1.82, 2.24) is 44.7 Å². The Kier molecular flexibility index (Phi) is 11.8. The monoisotopic (exact) mass is 865 g/mol. The molecule has 4 amide bonds. The van der Waals surface area contributed by atoms with E-state index < -0.39 is 23.8 Å². The topological polar surface area (TPSA) is 175 Å². The summed E-state index contributed by atoms with van der Waals surface area (Å²) in [5.74, 6) is 0.785. The van der Waals surface area contributed by atoms with Gasteiger partial charge in [-0.3, -0.25) is 34.3 Å². The molecule has 0 saturated carbocycles. The molecule has 0 radical (unpaired) electrons. The summed E-state index contributed by atoms with van der Waals surface area (Å²) < 4.78 is 8.11. The molecule has 3 aromatic carbocycles. The molecule has 332 valence electrons. The number of hydrogen-bond acceptors (Lipinski definition) is 13. The number of hydrogen-bond donors (Lipinski definition) is 2. The number of carbonyl (C=O) groups excluding carboxylic acids is 4. The van der Waals surface area contributed by atoms with Crippen LogP contribution in [-0.2, 0) is 9.59 Å². The van der Waals surface area contributed by atoms with Gasteiger partial charge in [0, 0.05) is 63.5 Å². The number of rotatable bonds is 12. The summed E-state index contributed by atoms with van der Waals surface area (Å²) in [6, 6.07) is 22.4. The Morgan fingerprint density at radius 3 is 2.12 bits per heavy atom. The van der Waals surface area contributed by atoms with Crippen LogP contribution in [0.1, 0.15) is 71.7 Å². The van der Waals surface area contributed by atoms with Crippen molar-refractivity contribution in [1.29, 1.82) is 0 Å². The fourth-order valence-corrected chi connectivity index (χ4v) is 10.3. The largest absolute Gasteiger partial charge is 0.457 e. The van der Waals surface area contributed by atoms with Crippen molar-refractivity contribution in [3.05, 3.63) is 90.3 Å². The minimum atomic E-state index is -0.958. The average molecular weight is 866 g/mol. The quantitative estimate of drug-likeness (QED) is 0.163. The second-order valence-corrected chi connectivity index (χ2v) is 17.9. The molecule has 0 bridgehead atoms. The van der Waals surface area contributed by atoms with Crippen LogP contribution in [0.3, 0.4) is 0 Å². The highest BCUT2D eigenvalue weighted by Crippen LogP contribution is 2.36. The number of carbonyl (C=O) groups is 4. The number of likely N-dealkylation sites (tertiary alicyclic amines) is 2. The second-order valence-electron chi connectivity index (χ2n) is 17.9. The molecule has 16 nitrogen and oxygen atoms in total. The number of piperidine rings is 3. The minimum Gasteiger partial charge on any atom is -0.457 e. The molecular weight excluding hydrogens is 811 g/mol. The van der Waals surface area contributed by atoms with Crippen molar-refractivity contribution in [3.8, 4) is 22.8 Å². The lowest BCUT2D eigenvalue weighted by atomic mass is 9.94. The predicted octanol–water partition coefficient (Wildman–Crippen LogP) is 4.83. The third-order valence-electron chi connectivity index (χ3n) is 13.9. The third-order valence-corrected chi connectivity index (χ3v) is 13.9. The molecule has 4 fully saturated rings. The number of nitrogens with zero attached hydrogens (tertiary/aromatic N) is 9. The highest BCUT2D eigenvalue weighted by atomic mass is 16.5. The molecule has 5 aliphatic heterocycles. The summed E-state index contributed by atoms with van der Waals surface area (Å²) >= 11 is 0. The molecule has 7 heterocycles. The van der Waals surface area contributed by atoms with E-state index in [9.17, 15) is 19.2 Å². The minimum absolute atomic E-state index is 0.104. The van der Waals surface area contributed by atoms with Crippen LogP contribution in [0.25, 0.3) is 22.3 Å². The first-order valence-electron chi connectivity index (χ1n) is 22.9. The molecular formula is C48H55N11O5. The Bertz CT molecular complexity index is 2520. The van der Waals surface area contributed by atoms with Gasteiger partial charge in [-0.25, -0.2) is 14.6 Å². The number of aromatic nitrogens is 4. The number of fused-ring (bicyclic) bond motifs is 2. The number of nitrogen functional groups attached to an aromatic ring is 1. The highest BCUT2D eigenvalue weighted by molar-refractivity contribution is 6.23. The van der Waals surface area contributed by atoms with Gasteiger partial charge in [0.2, 0.25) is 11.8 Å². The summed E-state index contributed by atoms with van der Waals surface area (Å²) in [4.78, 5) is 70.7. The van der Waals surface area contributed by atoms with Gasteiger partial charge in [-0.05, 0) is 125 Å². The molecule has 0 spiro atoms. The first-order valence-corrected chi connectivity index (χ1v) is 22.9. The van der Waals surface area contributed by atoms with E-state index in [0.717, 1.165) is 136 Å². The lowest BCUT2D eigenvalue weighted by Gasteiger charge is -2.38. The van der Waals surface area contributed by atoms with E-state index in [1.165, 1.54) is 19.2 Å². The van der Waals surface area contributed by atoms with Crippen molar-refractivity contribution in [2.24, 2.45) is 5.92 Å². The van der Waals surface area contributed by atoms with Crippen LogP contribution < -0.4 is 20.7 Å². The Hall–Kier alpha value is -6.23. The van der Waals surface area contributed by atoms with Crippen molar-refractivity contribution >= 4 is 46.2 Å². The van der Waals surface area contributed by atoms with Gasteiger partial charge in [-0.2, -0.15) is 5.10 Å². The maximum atomic E-state index is 13.3. The summed E-state index contributed by atoms with van der Waals surface area (Å²) in [6.45, 7) is 11.2. The number of piperazine rings is 1. The Labute approximate surface area is 372 Å². The fraction of sp³-hybridized carbons (Fsp3) is 0.438. The number of ether oxygens (including phenoxy) is 1. The van der Waals surface area contributed by atoms with Crippen LogP contribution in [0.4, 0.5) is 11.5 Å². The molecule has 10 rings (SSSR count). The highest BCUT2D eigenvalue weighted by Gasteiger charge is 2.45. The molecule has 2 aromatic heterocycles. The van der Waals surface area contributed by atoms with Crippen molar-refractivity contribution in [3.63, 3.8) is 0 Å². The zero-order valence-corrected chi connectivity index (χ0v) is 36.1. The van der Waals surface area contributed by atoms with Gasteiger partial charge in [0.05, 0.1) is 22.6 Å². The van der Waals surface area contributed by atoms with Gasteiger partial charge in [-0.1, -0.05) is 18.2 Å². The third kappa shape index (κ3) is 8.56. The Morgan fingerprint density at radius 2 is 1.39 bits per heavy atom. The fourth-order valence-electron chi connectivity index (χ4n) is 10.3. The second kappa shape index (κ2) is 18.1. The van der Waals surface area contributed by atoms with E-state index in [1.807, 2.05) is 60.7 Å². The maximum absolute atomic E-state index is 13.3. The molecule has 5 aliphatic rings. The number of nitrogens with two attached hydrogens (primary N) is 1. The smallest absolute Gasteiger partial charge is 0.262 e. The van der Waals surface area contributed by atoms with E-state index in [0.29, 0.717) is 22.9 Å². The zero-order valence-electron chi connectivity index (χ0n) is 36.1. The van der Waals surface area contributed by atoms with Crippen LogP contribution in [0.5, 0.6) is 11.5 Å². The van der Waals surface area contributed by atoms with Gasteiger partial charge in [0.1, 0.15) is 35.4 Å². The summed E-state index contributed by atoms with van der Waals surface area (Å²) in [5.41, 5.74) is 10.5. The zero-order chi connectivity index (χ0) is 43.7. The van der Waals surface area contributed by atoms with Gasteiger partial charge in [-0.15, -0.1) is 0 Å². The number of benzene rings is 3. The van der Waals surface area contributed by atoms with Gasteiger partial charge in [0.25, 0.3) is 11.8 Å². The normalized spacial score (nSPS) is 20.9. The Morgan fingerprint density at radius 1 is 0.703 bits per heavy atom. The molecule has 4 saturated heterocycles. The average Bonchev–Trinajstić information content (AvgIpc) is 3.83. The summed E-state index contributed by atoms with van der Waals surface area (Å²) in [5, 5.41) is 8.19. The van der Waals surface area contributed by atoms with Crippen molar-refractivity contribution in [2.45, 2.75) is 57.0 Å². The molecule has 1 unspecified atom stereocenters. The van der Waals surface area contributed by atoms with Gasteiger partial charge < -0.3 is 25.2 Å². The lowest BCUT2D eigenvalue weighted by Crippen LogP contribution is -2.54. The number of para-hydroxylation sites is 1. The number of anilines is 2. The van der Waals surface area contributed by atoms with Crippen LogP contribution in [0, 0.1) is 5.92 Å². The number of amides is 4. The molecule has 3 N–H and O–H groups in total. The van der Waals surface area contributed by atoms with E-state index in [-0.39, 0.29) is 24.8 Å². The number of nitrogens with one attached hydrogen (secondary N) is 1. The van der Waals surface area contributed by atoms with Crippen LogP contribution >= 0.6 is 0 Å². The predicted molar refractivity (Wildman–Crippen MR) is 242 cm³/mol. The van der Waals surface area contributed by atoms with Gasteiger partial charge >= 0.3 is 0 Å². The molecule has 64 heavy (non-hydrogen) atoms. The standard InChI is InChI=1S/C48H55N11O5/c49-44-42-43(33-7-10-37(11-8-33)64-36-5-2-1-3-6-36)53-59(45(42)51-31-50-44)34-17-23-56(24-18-34)30-32-15-21-54(22-16-32)19-4-20-55-25-27-57(28-26-55)35-9-12-38-39(29-35)48(63)58(47(38)62)40-13-14-41(60)52-46(40)61/h1-3,5-12,29,31-32,34,40H,4,13-28,30H2,(H2,49,50,51)(H,52,60,61). The van der Waals surface area contributed by atoms with E-state index in [4.69, 9.17) is 15.6 Å². The van der Waals surface area contributed by atoms with E-state index >= 15 is 0 Å². The van der Waals surface area contributed by atoms with Crippen LogP contribution in [0.2, 0.25) is 0 Å². The molecule has 1 atom stereocenters. The SMILES string of the molecule is Nc1ncnc2c1c(-c1ccc(Oc3ccccc3)cc1)nn2C1CCN(CC2CCN(CCCN3CCN(c4ccc5c(c4)C(=O)N(C4CCC(=O)NC4=O)C5=O)CC3)CC2)CC1. The molecule has 0 aliphatic carbocycles. The van der Waals surface area contributed by atoms with Gasteiger partial charge in [0.15, 0.2) is 5.65 Å². The number of imide groups is 2. The van der Waals surface area contributed by atoms with Crippen molar-refractivity contribution < 1.29 is 23.9 Å². The molecule has 16 heteroatoms. The van der Waals surface area contributed by atoms with Crippen LogP contribution in [0.15, 0.2) is 79.1 Å². The lowest BCUT2D eigenvalue weighted by molar-refractivity contribution is -0.136. The van der Waals surface area contributed by atoms with Crippen LogP contribution in [-0.4, -0.2) is 141 Å². The Balaban J connectivity index is 0.651. The first kappa shape index (κ1) is 41.8. The van der Waals surface area contributed by atoms with Crippen molar-refractivity contribution in [2.75, 3.05) is 82.6 Å².